The van der Waals surface area contributed by atoms with Gasteiger partial charge in [0.2, 0.25) is 0 Å². The first-order valence-electron chi connectivity index (χ1n) is 8.39. The van der Waals surface area contributed by atoms with Crippen molar-refractivity contribution in [2.75, 3.05) is 18.4 Å². The number of halogens is 3. The summed E-state index contributed by atoms with van der Waals surface area (Å²) in [4.78, 5) is 22.3. The van der Waals surface area contributed by atoms with Crippen molar-refractivity contribution in [2.45, 2.75) is 25.9 Å². The second-order valence-electron chi connectivity index (χ2n) is 6.46. The van der Waals surface area contributed by atoms with Gasteiger partial charge < -0.3 is 10.2 Å². The number of carbonyl (C=O) groups excluding carboxylic acids is 1. The maximum atomic E-state index is 13.1. The number of carbonyl (C=O) groups is 1. The van der Waals surface area contributed by atoms with E-state index in [1.165, 1.54) is 30.6 Å². The van der Waals surface area contributed by atoms with Gasteiger partial charge in [-0.25, -0.2) is 9.97 Å². The second-order valence-corrected chi connectivity index (χ2v) is 6.46. The number of para-hydroxylation sites is 1. The summed E-state index contributed by atoms with van der Waals surface area (Å²) in [6.07, 6.45) is -1.30. The van der Waals surface area contributed by atoms with Gasteiger partial charge in [-0.15, -0.1) is 0 Å². The monoisotopic (exact) mass is 364 g/mol. The Morgan fingerprint density at radius 3 is 2.77 bits per heavy atom. The maximum absolute atomic E-state index is 13.1. The lowest BCUT2D eigenvalue weighted by atomic mass is 10.00. The summed E-state index contributed by atoms with van der Waals surface area (Å²) in [5.74, 6) is 0.335. The first-order chi connectivity index (χ1) is 12.3. The van der Waals surface area contributed by atoms with Crippen molar-refractivity contribution in [3.63, 3.8) is 0 Å². The molecule has 1 N–H and O–H groups in total. The standard InChI is InChI=1S/C18H19F3N4O/c1-12-5-4-8-25(10-12)17(26)15-9-16(23-11-22-15)24-14-7-3-2-6-13(14)18(19,20)21/h2-3,6-7,9,11-12H,4-5,8,10H2,1H3,(H,22,23,24). The van der Waals surface area contributed by atoms with E-state index in [1.807, 2.05) is 0 Å². The third-order valence-electron chi connectivity index (χ3n) is 4.33. The zero-order chi connectivity index (χ0) is 18.7. The van der Waals surface area contributed by atoms with Crippen LogP contribution in [-0.2, 0) is 6.18 Å². The fourth-order valence-corrected chi connectivity index (χ4v) is 3.06. The minimum Gasteiger partial charge on any atom is -0.340 e. The average molecular weight is 364 g/mol. The van der Waals surface area contributed by atoms with Crippen LogP contribution in [0, 0.1) is 5.92 Å². The lowest BCUT2D eigenvalue weighted by Crippen LogP contribution is -2.39. The third-order valence-corrected chi connectivity index (χ3v) is 4.33. The summed E-state index contributed by atoms with van der Waals surface area (Å²) >= 11 is 0. The number of nitrogens with zero attached hydrogens (tertiary/aromatic N) is 3. The molecule has 1 atom stereocenters. The van der Waals surface area contributed by atoms with Gasteiger partial charge in [0.15, 0.2) is 0 Å². The fraction of sp³-hybridized carbons (Fsp3) is 0.389. The Labute approximate surface area is 149 Å². The van der Waals surface area contributed by atoms with Crippen LogP contribution in [0.5, 0.6) is 0 Å². The molecule has 1 fully saturated rings. The highest BCUT2D eigenvalue weighted by atomic mass is 19.4. The molecule has 1 unspecified atom stereocenters. The molecule has 138 valence electrons. The topological polar surface area (TPSA) is 58.1 Å². The highest BCUT2D eigenvalue weighted by Crippen LogP contribution is 2.35. The molecule has 1 aromatic heterocycles. The summed E-state index contributed by atoms with van der Waals surface area (Å²) in [6, 6.07) is 6.51. The molecule has 8 heteroatoms. The molecule has 1 saturated heterocycles. The van der Waals surface area contributed by atoms with Gasteiger partial charge in [0.25, 0.3) is 5.91 Å². The minimum absolute atomic E-state index is 0.122. The van der Waals surface area contributed by atoms with Crippen molar-refractivity contribution >= 4 is 17.4 Å². The molecular formula is C18H19F3N4O. The molecule has 0 bridgehead atoms. The molecule has 1 aromatic carbocycles. The van der Waals surface area contributed by atoms with Gasteiger partial charge in [-0.1, -0.05) is 19.1 Å². The number of nitrogens with one attached hydrogen (secondary N) is 1. The number of aromatic nitrogens is 2. The SMILES string of the molecule is CC1CCCN(C(=O)c2cc(Nc3ccccc3C(F)(F)F)ncn2)C1. The number of alkyl halides is 3. The summed E-state index contributed by atoms with van der Waals surface area (Å²) in [5, 5.41) is 2.64. The molecule has 2 heterocycles. The molecule has 3 rings (SSSR count). The largest absolute Gasteiger partial charge is 0.418 e. The van der Waals surface area contributed by atoms with Crippen LogP contribution in [0.3, 0.4) is 0 Å². The van der Waals surface area contributed by atoms with Crippen LogP contribution in [0.1, 0.15) is 35.8 Å². The zero-order valence-electron chi connectivity index (χ0n) is 14.3. The first kappa shape index (κ1) is 18.2. The van der Waals surface area contributed by atoms with Gasteiger partial charge in [0.1, 0.15) is 17.8 Å². The minimum atomic E-state index is -4.49. The van der Waals surface area contributed by atoms with Crippen LogP contribution in [0.15, 0.2) is 36.7 Å². The van der Waals surface area contributed by atoms with Crippen molar-refractivity contribution in [1.82, 2.24) is 14.9 Å². The van der Waals surface area contributed by atoms with Gasteiger partial charge in [-0.05, 0) is 30.9 Å². The molecule has 0 saturated carbocycles. The molecule has 1 aliphatic heterocycles. The number of amides is 1. The lowest BCUT2D eigenvalue weighted by molar-refractivity contribution is -0.136. The second kappa shape index (κ2) is 7.31. The van der Waals surface area contributed by atoms with Crippen LogP contribution >= 0.6 is 0 Å². The van der Waals surface area contributed by atoms with Crippen LogP contribution in [0.4, 0.5) is 24.7 Å². The predicted octanol–water partition coefficient (Wildman–Crippen LogP) is 4.11. The van der Waals surface area contributed by atoms with Gasteiger partial charge in [0, 0.05) is 19.2 Å². The predicted molar refractivity (Wildman–Crippen MR) is 91.1 cm³/mol. The van der Waals surface area contributed by atoms with E-state index in [9.17, 15) is 18.0 Å². The Hall–Kier alpha value is -2.64. The maximum Gasteiger partial charge on any atom is 0.418 e. The van der Waals surface area contributed by atoms with Crippen LogP contribution < -0.4 is 5.32 Å². The average Bonchev–Trinajstić information content (AvgIpc) is 2.61. The Bertz CT molecular complexity index is 794. The van der Waals surface area contributed by atoms with Crippen LogP contribution in [-0.4, -0.2) is 33.9 Å². The molecule has 5 nitrogen and oxygen atoms in total. The van der Waals surface area contributed by atoms with E-state index in [2.05, 4.69) is 22.2 Å². The van der Waals surface area contributed by atoms with Crippen molar-refractivity contribution in [1.29, 1.82) is 0 Å². The summed E-state index contributed by atoms with van der Waals surface area (Å²) in [5.41, 5.74) is -0.749. The number of piperidine rings is 1. The molecule has 1 amide bonds. The van der Waals surface area contributed by atoms with Crippen LogP contribution in [0.25, 0.3) is 0 Å². The van der Waals surface area contributed by atoms with E-state index in [4.69, 9.17) is 0 Å². The highest BCUT2D eigenvalue weighted by molar-refractivity contribution is 5.93. The van der Waals surface area contributed by atoms with Crippen molar-refractivity contribution < 1.29 is 18.0 Å². The molecule has 0 radical (unpaired) electrons. The van der Waals surface area contributed by atoms with Crippen molar-refractivity contribution in [3.05, 3.63) is 47.9 Å². The fourth-order valence-electron chi connectivity index (χ4n) is 3.06. The van der Waals surface area contributed by atoms with E-state index in [1.54, 1.807) is 4.90 Å². The summed E-state index contributed by atoms with van der Waals surface area (Å²) in [6.45, 7) is 3.40. The van der Waals surface area contributed by atoms with Gasteiger partial charge in [0.05, 0.1) is 11.3 Å². The van der Waals surface area contributed by atoms with Gasteiger partial charge in [-0.3, -0.25) is 4.79 Å². The normalized spacial score (nSPS) is 17.8. The molecule has 0 aliphatic carbocycles. The molecule has 1 aliphatic rings. The molecule has 26 heavy (non-hydrogen) atoms. The van der Waals surface area contributed by atoms with Gasteiger partial charge >= 0.3 is 6.18 Å². The van der Waals surface area contributed by atoms with Gasteiger partial charge in [-0.2, -0.15) is 13.2 Å². The van der Waals surface area contributed by atoms with E-state index < -0.39 is 11.7 Å². The zero-order valence-corrected chi connectivity index (χ0v) is 14.3. The number of hydrogen-bond donors (Lipinski definition) is 1. The summed E-state index contributed by atoms with van der Waals surface area (Å²) < 4.78 is 39.3. The molecular weight excluding hydrogens is 345 g/mol. The Kier molecular flexibility index (Phi) is 5.11. The lowest BCUT2D eigenvalue weighted by Gasteiger charge is -2.30. The van der Waals surface area contributed by atoms with Crippen LogP contribution in [0.2, 0.25) is 0 Å². The highest BCUT2D eigenvalue weighted by Gasteiger charge is 2.33. The van der Waals surface area contributed by atoms with Crippen molar-refractivity contribution in [3.8, 4) is 0 Å². The number of anilines is 2. The van der Waals surface area contributed by atoms with E-state index in [0.29, 0.717) is 19.0 Å². The van der Waals surface area contributed by atoms with E-state index >= 15 is 0 Å². The molecule has 0 spiro atoms. The first-order valence-corrected chi connectivity index (χ1v) is 8.39. The molecule has 2 aromatic rings. The third kappa shape index (κ3) is 4.12. The summed E-state index contributed by atoms with van der Waals surface area (Å²) in [7, 11) is 0. The number of likely N-dealkylation sites (tertiary alicyclic amines) is 1. The quantitative estimate of drug-likeness (QED) is 0.890. The smallest absolute Gasteiger partial charge is 0.340 e. The number of hydrogen-bond acceptors (Lipinski definition) is 4. The van der Waals surface area contributed by atoms with E-state index in [-0.39, 0.29) is 23.1 Å². The van der Waals surface area contributed by atoms with E-state index in [0.717, 1.165) is 18.9 Å². The van der Waals surface area contributed by atoms with Crippen molar-refractivity contribution in [2.24, 2.45) is 5.92 Å². The number of benzene rings is 1. The Morgan fingerprint density at radius 2 is 2.04 bits per heavy atom. The Morgan fingerprint density at radius 1 is 1.27 bits per heavy atom. The Balaban J connectivity index is 1.81. The number of rotatable bonds is 3.